The van der Waals surface area contributed by atoms with Gasteiger partial charge in [-0.05, 0) is 48.7 Å². The summed E-state index contributed by atoms with van der Waals surface area (Å²) in [6.45, 7) is 2.44. The fourth-order valence-electron chi connectivity index (χ4n) is 2.67. The minimum atomic E-state index is -3.74. The topological polar surface area (TPSA) is 128 Å². The van der Waals surface area contributed by atoms with Gasteiger partial charge in [-0.2, -0.15) is 0 Å². The standard InChI is InChI=1S/C20H25N3O5S/c1-14-6-7-17(29(26,27)23-10-11-28-2)13-18(14)20(25)22-9-8-15-4-3-5-16(12-15)19(21)24/h3-7,12-13,23H,8-11H2,1-2H3,(H2,21,24)(H,22,25). The third-order valence-corrected chi connectivity index (χ3v) is 5.73. The molecular formula is C20H25N3O5S. The van der Waals surface area contributed by atoms with E-state index in [2.05, 4.69) is 10.0 Å². The van der Waals surface area contributed by atoms with Gasteiger partial charge in [-0.15, -0.1) is 0 Å². The molecule has 2 amide bonds. The molecule has 0 spiro atoms. The van der Waals surface area contributed by atoms with Crippen LogP contribution in [0.3, 0.4) is 0 Å². The Morgan fingerprint density at radius 2 is 1.86 bits per heavy atom. The first-order valence-electron chi connectivity index (χ1n) is 9.01. The molecule has 0 aliphatic rings. The number of methoxy groups -OCH3 is 1. The molecule has 4 N–H and O–H groups in total. The van der Waals surface area contributed by atoms with E-state index in [0.717, 1.165) is 5.56 Å². The zero-order valence-corrected chi connectivity index (χ0v) is 17.2. The van der Waals surface area contributed by atoms with Crippen LogP contribution in [0.25, 0.3) is 0 Å². The molecule has 8 nitrogen and oxygen atoms in total. The summed E-state index contributed by atoms with van der Waals surface area (Å²) in [5, 5.41) is 2.78. The molecule has 0 saturated carbocycles. The van der Waals surface area contributed by atoms with Crippen LogP contribution in [0.5, 0.6) is 0 Å². The Kier molecular flexibility index (Phi) is 7.89. The highest BCUT2D eigenvalue weighted by Gasteiger charge is 2.17. The Balaban J connectivity index is 2.05. The second kappa shape index (κ2) is 10.1. The molecule has 0 atom stereocenters. The minimum absolute atomic E-state index is 0.0125. The Bertz CT molecular complexity index is 989. The van der Waals surface area contributed by atoms with Gasteiger partial charge in [0.2, 0.25) is 15.9 Å². The normalized spacial score (nSPS) is 11.2. The maximum Gasteiger partial charge on any atom is 0.251 e. The Hall–Kier alpha value is -2.75. The highest BCUT2D eigenvalue weighted by atomic mass is 32.2. The van der Waals surface area contributed by atoms with Gasteiger partial charge in [-0.25, -0.2) is 13.1 Å². The van der Waals surface area contributed by atoms with Crippen molar-refractivity contribution in [1.29, 1.82) is 0 Å². The second-order valence-electron chi connectivity index (χ2n) is 6.44. The quantitative estimate of drug-likeness (QED) is 0.495. The summed E-state index contributed by atoms with van der Waals surface area (Å²) < 4.78 is 31.9. The number of hydrogen-bond acceptors (Lipinski definition) is 5. The minimum Gasteiger partial charge on any atom is -0.383 e. The molecule has 0 bridgehead atoms. The van der Waals surface area contributed by atoms with Crippen LogP contribution in [0, 0.1) is 6.92 Å². The largest absolute Gasteiger partial charge is 0.383 e. The molecule has 0 fully saturated rings. The zero-order chi connectivity index (χ0) is 21.4. The number of sulfonamides is 1. The third kappa shape index (κ3) is 6.38. The first kappa shape index (κ1) is 22.5. The van der Waals surface area contributed by atoms with E-state index in [1.54, 1.807) is 31.2 Å². The Labute approximate surface area is 170 Å². The second-order valence-corrected chi connectivity index (χ2v) is 8.20. The number of amides is 2. The van der Waals surface area contributed by atoms with Crippen molar-refractivity contribution < 1.29 is 22.7 Å². The van der Waals surface area contributed by atoms with E-state index >= 15 is 0 Å². The van der Waals surface area contributed by atoms with E-state index in [-0.39, 0.29) is 29.5 Å². The van der Waals surface area contributed by atoms with Crippen LogP contribution in [-0.2, 0) is 21.2 Å². The van der Waals surface area contributed by atoms with Crippen LogP contribution in [0.1, 0.15) is 31.8 Å². The number of aryl methyl sites for hydroxylation is 1. The SMILES string of the molecule is COCCNS(=O)(=O)c1ccc(C)c(C(=O)NCCc2cccc(C(N)=O)c2)c1. The maximum absolute atomic E-state index is 12.5. The smallest absolute Gasteiger partial charge is 0.251 e. The van der Waals surface area contributed by atoms with Gasteiger partial charge in [0.25, 0.3) is 5.91 Å². The van der Waals surface area contributed by atoms with Gasteiger partial charge in [0.15, 0.2) is 0 Å². The molecule has 29 heavy (non-hydrogen) atoms. The number of rotatable bonds is 10. The summed E-state index contributed by atoms with van der Waals surface area (Å²) in [6.07, 6.45) is 0.502. The van der Waals surface area contributed by atoms with Crippen molar-refractivity contribution in [2.75, 3.05) is 26.8 Å². The van der Waals surface area contributed by atoms with Crippen molar-refractivity contribution in [2.24, 2.45) is 5.73 Å². The van der Waals surface area contributed by atoms with E-state index in [9.17, 15) is 18.0 Å². The summed E-state index contributed by atoms with van der Waals surface area (Å²) in [5.74, 6) is -0.883. The first-order valence-corrected chi connectivity index (χ1v) is 10.5. The van der Waals surface area contributed by atoms with Gasteiger partial charge in [0.05, 0.1) is 11.5 Å². The lowest BCUT2D eigenvalue weighted by Crippen LogP contribution is -2.29. The number of carbonyl (C=O) groups excluding carboxylic acids is 2. The van der Waals surface area contributed by atoms with Gasteiger partial charge in [0, 0.05) is 31.3 Å². The number of carbonyl (C=O) groups is 2. The monoisotopic (exact) mass is 419 g/mol. The Morgan fingerprint density at radius 1 is 1.10 bits per heavy atom. The predicted octanol–water partition coefficient (Wildman–Crippen LogP) is 0.991. The van der Waals surface area contributed by atoms with E-state index < -0.39 is 15.9 Å². The fourth-order valence-corrected chi connectivity index (χ4v) is 3.71. The summed E-state index contributed by atoms with van der Waals surface area (Å²) >= 11 is 0. The number of hydrogen-bond donors (Lipinski definition) is 3. The molecule has 0 aliphatic heterocycles. The molecule has 2 aromatic rings. The van der Waals surface area contributed by atoms with Gasteiger partial charge < -0.3 is 15.8 Å². The fraction of sp³-hybridized carbons (Fsp3) is 0.300. The van der Waals surface area contributed by atoms with Gasteiger partial charge in [0.1, 0.15) is 0 Å². The summed E-state index contributed by atoms with van der Waals surface area (Å²) in [7, 11) is -2.26. The van der Waals surface area contributed by atoms with Crippen molar-refractivity contribution in [3.63, 3.8) is 0 Å². The van der Waals surface area contributed by atoms with Gasteiger partial charge in [-0.1, -0.05) is 18.2 Å². The average Bonchev–Trinajstić information content (AvgIpc) is 2.68. The Morgan fingerprint density at radius 3 is 2.55 bits per heavy atom. The van der Waals surface area contributed by atoms with E-state index in [1.807, 2.05) is 6.07 Å². The van der Waals surface area contributed by atoms with Crippen LogP contribution in [0.2, 0.25) is 0 Å². The van der Waals surface area contributed by atoms with Crippen LogP contribution in [0.4, 0.5) is 0 Å². The highest BCUT2D eigenvalue weighted by Crippen LogP contribution is 2.16. The molecule has 156 valence electrons. The van der Waals surface area contributed by atoms with E-state index in [4.69, 9.17) is 10.5 Å². The van der Waals surface area contributed by atoms with Gasteiger partial charge >= 0.3 is 0 Å². The lowest BCUT2D eigenvalue weighted by Gasteiger charge is -2.11. The number of nitrogens with one attached hydrogen (secondary N) is 2. The molecule has 0 aromatic heterocycles. The van der Waals surface area contributed by atoms with Crippen molar-refractivity contribution in [1.82, 2.24) is 10.0 Å². The number of ether oxygens (including phenoxy) is 1. The molecule has 9 heteroatoms. The predicted molar refractivity (Wildman–Crippen MR) is 109 cm³/mol. The molecule has 0 unspecified atom stereocenters. The molecule has 0 aliphatic carbocycles. The molecular weight excluding hydrogens is 394 g/mol. The number of nitrogens with two attached hydrogens (primary N) is 1. The van der Waals surface area contributed by atoms with Gasteiger partial charge in [-0.3, -0.25) is 9.59 Å². The molecule has 2 aromatic carbocycles. The van der Waals surface area contributed by atoms with E-state index in [1.165, 1.54) is 19.2 Å². The first-order chi connectivity index (χ1) is 13.7. The highest BCUT2D eigenvalue weighted by molar-refractivity contribution is 7.89. The van der Waals surface area contributed by atoms with Crippen molar-refractivity contribution in [3.05, 3.63) is 64.7 Å². The van der Waals surface area contributed by atoms with Crippen LogP contribution in [0.15, 0.2) is 47.4 Å². The summed E-state index contributed by atoms with van der Waals surface area (Å²) in [4.78, 5) is 23.8. The van der Waals surface area contributed by atoms with Crippen molar-refractivity contribution >= 4 is 21.8 Å². The summed E-state index contributed by atoms with van der Waals surface area (Å²) in [5.41, 5.74) is 7.48. The van der Waals surface area contributed by atoms with Crippen LogP contribution >= 0.6 is 0 Å². The number of primary amides is 1. The molecule has 2 rings (SSSR count). The van der Waals surface area contributed by atoms with Crippen molar-refractivity contribution in [2.45, 2.75) is 18.2 Å². The molecule has 0 radical (unpaired) electrons. The maximum atomic E-state index is 12.5. The number of benzene rings is 2. The van der Waals surface area contributed by atoms with Crippen molar-refractivity contribution in [3.8, 4) is 0 Å². The average molecular weight is 420 g/mol. The lowest BCUT2D eigenvalue weighted by atomic mass is 10.1. The molecule has 0 saturated heterocycles. The molecule has 0 heterocycles. The lowest BCUT2D eigenvalue weighted by molar-refractivity contribution is 0.0951. The third-order valence-electron chi connectivity index (χ3n) is 4.27. The summed E-state index contributed by atoms with van der Waals surface area (Å²) in [6, 6.07) is 11.3. The zero-order valence-electron chi connectivity index (χ0n) is 16.4. The van der Waals surface area contributed by atoms with Crippen LogP contribution in [-0.4, -0.2) is 47.0 Å². The van der Waals surface area contributed by atoms with Crippen LogP contribution < -0.4 is 15.8 Å². The van der Waals surface area contributed by atoms with E-state index in [0.29, 0.717) is 24.1 Å².